The summed E-state index contributed by atoms with van der Waals surface area (Å²) in [5.41, 5.74) is 0.209. The van der Waals surface area contributed by atoms with Crippen LogP contribution in [0.4, 0.5) is 0 Å². The minimum atomic E-state index is 0.209. The fourth-order valence-electron chi connectivity index (χ4n) is 4.42. The summed E-state index contributed by atoms with van der Waals surface area (Å²) >= 11 is 0. The van der Waals surface area contributed by atoms with Gasteiger partial charge in [0.15, 0.2) is 0 Å². The van der Waals surface area contributed by atoms with Crippen molar-refractivity contribution in [2.75, 3.05) is 6.61 Å². The third kappa shape index (κ3) is 6.95. The lowest BCUT2D eigenvalue weighted by molar-refractivity contribution is -0.122. The van der Waals surface area contributed by atoms with Gasteiger partial charge in [-0.15, -0.1) is 0 Å². The Morgan fingerprint density at radius 1 is 1.04 bits per heavy atom. The highest BCUT2D eigenvalue weighted by molar-refractivity contribution is 5.50. The monoisotopic (exact) mass is 324 g/mol. The Labute approximate surface area is 144 Å². The predicted octanol–water partition coefficient (Wildman–Crippen LogP) is 6.17. The van der Waals surface area contributed by atoms with Crippen LogP contribution < -0.4 is 0 Å². The molecule has 1 saturated carbocycles. The molecule has 1 rings (SSSR count). The zero-order valence-electron chi connectivity index (χ0n) is 16.1. The van der Waals surface area contributed by atoms with Crippen LogP contribution in [0.5, 0.6) is 0 Å². The molecule has 0 heterocycles. The molecule has 3 atom stereocenters. The van der Waals surface area contributed by atoms with Crippen LogP contribution in [0.3, 0.4) is 0 Å². The van der Waals surface area contributed by atoms with E-state index in [1.807, 2.05) is 0 Å². The van der Waals surface area contributed by atoms with Crippen LogP contribution in [0.25, 0.3) is 0 Å². The molecule has 0 radical (unpaired) electrons. The molecule has 136 valence electrons. The number of carbonyl (C=O) groups is 1. The van der Waals surface area contributed by atoms with Gasteiger partial charge in [-0.2, -0.15) is 0 Å². The molecule has 0 N–H and O–H groups in total. The molecule has 0 aromatic heterocycles. The highest BCUT2D eigenvalue weighted by atomic mass is 16.5. The first-order valence-electron chi connectivity index (χ1n) is 10.1. The molecule has 2 heteroatoms. The van der Waals surface area contributed by atoms with Gasteiger partial charge in [0.1, 0.15) is 6.29 Å². The molecule has 0 aromatic carbocycles. The van der Waals surface area contributed by atoms with Crippen molar-refractivity contribution in [3.8, 4) is 0 Å². The molecular weight excluding hydrogens is 284 g/mol. The molecule has 1 aliphatic carbocycles. The Hall–Kier alpha value is -0.370. The van der Waals surface area contributed by atoms with Gasteiger partial charge in [0, 0.05) is 13.0 Å². The minimum absolute atomic E-state index is 0.209. The van der Waals surface area contributed by atoms with Crippen LogP contribution in [0.15, 0.2) is 0 Å². The van der Waals surface area contributed by atoms with Crippen molar-refractivity contribution < 1.29 is 9.53 Å². The second-order valence-electron chi connectivity index (χ2n) is 8.14. The van der Waals surface area contributed by atoms with Crippen LogP contribution in [0.2, 0.25) is 0 Å². The Morgan fingerprint density at radius 3 is 2.30 bits per heavy atom. The van der Waals surface area contributed by atoms with Gasteiger partial charge in [-0.1, -0.05) is 72.1 Å². The predicted molar refractivity (Wildman–Crippen MR) is 98.7 cm³/mol. The Kier molecular flexibility index (Phi) is 10.1. The minimum Gasteiger partial charge on any atom is -0.378 e. The van der Waals surface area contributed by atoms with Crippen molar-refractivity contribution in [1.29, 1.82) is 0 Å². The van der Waals surface area contributed by atoms with Gasteiger partial charge >= 0.3 is 0 Å². The number of ether oxygens (including phenoxy) is 1. The maximum Gasteiger partial charge on any atom is 0.120 e. The van der Waals surface area contributed by atoms with E-state index in [0.29, 0.717) is 18.3 Å². The van der Waals surface area contributed by atoms with Crippen LogP contribution in [-0.4, -0.2) is 19.0 Å². The van der Waals surface area contributed by atoms with Gasteiger partial charge in [0.05, 0.1) is 6.10 Å². The van der Waals surface area contributed by atoms with Crippen molar-refractivity contribution in [3.05, 3.63) is 0 Å². The van der Waals surface area contributed by atoms with E-state index in [4.69, 9.17) is 4.74 Å². The van der Waals surface area contributed by atoms with Crippen LogP contribution in [-0.2, 0) is 9.53 Å². The molecule has 1 aliphatic rings. The van der Waals surface area contributed by atoms with Gasteiger partial charge < -0.3 is 9.53 Å². The molecule has 3 unspecified atom stereocenters. The van der Waals surface area contributed by atoms with E-state index in [9.17, 15) is 4.79 Å². The Bertz CT molecular complexity index is 311. The summed E-state index contributed by atoms with van der Waals surface area (Å²) in [5, 5.41) is 0. The van der Waals surface area contributed by atoms with Crippen LogP contribution in [0.1, 0.15) is 98.3 Å². The van der Waals surface area contributed by atoms with Crippen molar-refractivity contribution in [3.63, 3.8) is 0 Å². The van der Waals surface area contributed by atoms with Crippen molar-refractivity contribution in [1.82, 2.24) is 0 Å². The number of carbonyl (C=O) groups excluding carboxylic acids is 1. The first kappa shape index (κ1) is 20.7. The number of unbranched alkanes of at least 4 members (excludes halogenated alkanes) is 6. The van der Waals surface area contributed by atoms with E-state index in [-0.39, 0.29) is 11.5 Å². The van der Waals surface area contributed by atoms with E-state index < -0.39 is 0 Å². The summed E-state index contributed by atoms with van der Waals surface area (Å²) in [7, 11) is 0. The standard InChI is InChI=1S/C21H40O2/c1-5-7-8-9-10-11-12-13-18-14-16-21(3,4)20(23-6-2)19(18)15-17-22/h17-20H,5-16H2,1-4H3. The summed E-state index contributed by atoms with van der Waals surface area (Å²) in [4.78, 5) is 11.2. The molecule has 1 fully saturated rings. The van der Waals surface area contributed by atoms with E-state index in [1.165, 1.54) is 64.2 Å². The van der Waals surface area contributed by atoms with Gasteiger partial charge in [0.2, 0.25) is 0 Å². The SMILES string of the molecule is CCCCCCCCCC1CCC(C)(C)C(OCC)C1CC=O. The van der Waals surface area contributed by atoms with E-state index >= 15 is 0 Å². The Morgan fingerprint density at radius 2 is 1.70 bits per heavy atom. The van der Waals surface area contributed by atoms with Crippen LogP contribution >= 0.6 is 0 Å². The van der Waals surface area contributed by atoms with Crippen molar-refractivity contribution in [2.45, 2.75) is 104 Å². The summed E-state index contributed by atoms with van der Waals surface area (Å²) in [6.07, 6.45) is 15.4. The molecule has 2 nitrogen and oxygen atoms in total. The second kappa shape index (κ2) is 11.2. The van der Waals surface area contributed by atoms with Gasteiger partial charge in [0.25, 0.3) is 0 Å². The average molecular weight is 325 g/mol. The highest BCUT2D eigenvalue weighted by Crippen LogP contribution is 2.46. The zero-order chi connectivity index (χ0) is 17.1. The first-order valence-corrected chi connectivity index (χ1v) is 10.1. The quantitative estimate of drug-likeness (QED) is 0.317. The molecule has 0 saturated heterocycles. The molecule has 0 bridgehead atoms. The number of aldehydes is 1. The van der Waals surface area contributed by atoms with Crippen LogP contribution in [0, 0.1) is 17.3 Å². The second-order valence-corrected chi connectivity index (χ2v) is 8.14. The Balaban J connectivity index is 2.44. The van der Waals surface area contributed by atoms with E-state index in [2.05, 4.69) is 27.7 Å². The van der Waals surface area contributed by atoms with E-state index in [0.717, 1.165) is 12.9 Å². The third-order valence-electron chi connectivity index (χ3n) is 5.82. The highest BCUT2D eigenvalue weighted by Gasteiger charge is 2.43. The molecule has 0 aliphatic heterocycles. The first-order chi connectivity index (χ1) is 11.1. The maximum atomic E-state index is 11.2. The summed E-state index contributed by atoms with van der Waals surface area (Å²) in [5.74, 6) is 1.11. The number of hydrogen-bond acceptors (Lipinski definition) is 2. The fourth-order valence-corrected chi connectivity index (χ4v) is 4.42. The number of rotatable bonds is 12. The molecule has 0 aromatic rings. The smallest absolute Gasteiger partial charge is 0.120 e. The summed E-state index contributed by atoms with van der Waals surface area (Å²) < 4.78 is 6.11. The number of hydrogen-bond donors (Lipinski definition) is 0. The topological polar surface area (TPSA) is 26.3 Å². The third-order valence-corrected chi connectivity index (χ3v) is 5.82. The lowest BCUT2D eigenvalue weighted by Crippen LogP contribution is -2.46. The van der Waals surface area contributed by atoms with Gasteiger partial charge in [-0.3, -0.25) is 0 Å². The van der Waals surface area contributed by atoms with Gasteiger partial charge in [-0.25, -0.2) is 0 Å². The molecule has 0 amide bonds. The average Bonchev–Trinajstić information content (AvgIpc) is 2.52. The molecule has 0 spiro atoms. The van der Waals surface area contributed by atoms with Crippen molar-refractivity contribution >= 4 is 6.29 Å². The lowest BCUT2D eigenvalue weighted by atomic mass is 9.63. The maximum absolute atomic E-state index is 11.2. The molecular formula is C21H40O2. The molecule has 23 heavy (non-hydrogen) atoms. The van der Waals surface area contributed by atoms with Gasteiger partial charge in [-0.05, 0) is 37.0 Å². The summed E-state index contributed by atoms with van der Waals surface area (Å²) in [6.45, 7) is 9.73. The largest absolute Gasteiger partial charge is 0.378 e. The summed E-state index contributed by atoms with van der Waals surface area (Å²) in [6, 6.07) is 0. The van der Waals surface area contributed by atoms with Crippen molar-refractivity contribution in [2.24, 2.45) is 17.3 Å². The normalized spacial score (nSPS) is 27.0. The lowest BCUT2D eigenvalue weighted by Gasteiger charge is -2.47. The fraction of sp³-hybridized carbons (Fsp3) is 0.952. The zero-order valence-corrected chi connectivity index (χ0v) is 16.1. The van der Waals surface area contributed by atoms with E-state index in [1.54, 1.807) is 0 Å².